The van der Waals surface area contributed by atoms with Crippen molar-refractivity contribution in [1.82, 2.24) is 19.7 Å². The van der Waals surface area contributed by atoms with Crippen molar-refractivity contribution in [2.75, 3.05) is 63.8 Å². The van der Waals surface area contributed by atoms with Gasteiger partial charge in [0.05, 0.1) is 6.54 Å². The van der Waals surface area contributed by atoms with E-state index in [1.165, 1.54) is 5.69 Å². The predicted molar refractivity (Wildman–Crippen MR) is 119 cm³/mol. The highest BCUT2D eigenvalue weighted by atomic mass is 16.6. The van der Waals surface area contributed by atoms with Crippen molar-refractivity contribution in [1.29, 1.82) is 0 Å². The van der Waals surface area contributed by atoms with Gasteiger partial charge in [-0.25, -0.2) is 4.79 Å². The number of ether oxygens (including phenoxy) is 1. The Hall–Kier alpha value is -1.86. The maximum atomic E-state index is 12.5. The maximum Gasteiger partial charge on any atom is 0.410 e. The summed E-state index contributed by atoms with van der Waals surface area (Å²) in [5, 5.41) is 0. The lowest BCUT2D eigenvalue weighted by atomic mass is 9.91. The topological polar surface area (TPSA) is 52.2 Å². The van der Waals surface area contributed by atoms with E-state index >= 15 is 0 Å². The lowest BCUT2D eigenvalue weighted by Gasteiger charge is -2.38. The minimum absolute atomic E-state index is 0.118. The fourth-order valence-electron chi connectivity index (χ4n) is 5.01. The Morgan fingerprint density at radius 2 is 1.83 bits per heavy atom. The smallest absolute Gasteiger partial charge is 0.410 e. The largest absolute Gasteiger partial charge is 0.441 e. The summed E-state index contributed by atoms with van der Waals surface area (Å²) in [6.45, 7) is 15.6. The van der Waals surface area contributed by atoms with Crippen LogP contribution in [0.3, 0.4) is 0 Å². The van der Waals surface area contributed by atoms with E-state index in [4.69, 9.17) is 4.74 Å². The Balaban J connectivity index is 1.21. The number of pyridine rings is 1. The normalized spacial score (nSPS) is 22.9. The predicted octanol–water partition coefficient (Wildman–Crippen LogP) is 2.60. The molecule has 0 atom stereocenters. The van der Waals surface area contributed by atoms with Crippen LogP contribution in [0.25, 0.3) is 0 Å². The zero-order valence-corrected chi connectivity index (χ0v) is 18.8. The van der Waals surface area contributed by atoms with Gasteiger partial charge in [-0.2, -0.15) is 0 Å². The van der Waals surface area contributed by atoms with E-state index in [2.05, 4.69) is 45.7 Å². The summed E-state index contributed by atoms with van der Waals surface area (Å²) in [7, 11) is 0. The number of piperazine rings is 1. The standard InChI is InChI=1S/C23H37N5O2/c1-19(2)26-15-13-25(14-16-26)9-4-10-28-18-23(30-22(28)29)6-11-27(12-7-23)21-5-8-24-20(3)17-21/h5,8,17,19H,4,6-7,9-16,18H2,1-3H3. The summed E-state index contributed by atoms with van der Waals surface area (Å²) < 4.78 is 5.92. The number of amides is 1. The highest BCUT2D eigenvalue weighted by Crippen LogP contribution is 2.34. The van der Waals surface area contributed by atoms with Crippen LogP contribution in [0.4, 0.5) is 10.5 Å². The minimum Gasteiger partial charge on any atom is -0.441 e. The molecular formula is C23H37N5O2. The van der Waals surface area contributed by atoms with Crippen LogP contribution in [0.1, 0.15) is 38.8 Å². The number of hydrogen-bond acceptors (Lipinski definition) is 6. The van der Waals surface area contributed by atoms with Gasteiger partial charge in [-0.3, -0.25) is 9.88 Å². The average Bonchev–Trinajstić information content (AvgIpc) is 3.03. The van der Waals surface area contributed by atoms with Gasteiger partial charge in [0.2, 0.25) is 0 Å². The second-order valence-electron chi connectivity index (χ2n) is 9.44. The van der Waals surface area contributed by atoms with Crippen molar-refractivity contribution in [3.05, 3.63) is 24.0 Å². The van der Waals surface area contributed by atoms with Gasteiger partial charge >= 0.3 is 6.09 Å². The molecule has 3 aliphatic rings. The summed E-state index contributed by atoms with van der Waals surface area (Å²) in [4.78, 5) is 26.2. The van der Waals surface area contributed by atoms with Crippen LogP contribution < -0.4 is 4.90 Å². The van der Waals surface area contributed by atoms with Crippen molar-refractivity contribution in [3.8, 4) is 0 Å². The highest BCUT2D eigenvalue weighted by Gasteiger charge is 2.46. The number of rotatable bonds is 6. The van der Waals surface area contributed by atoms with E-state index < -0.39 is 0 Å². The Morgan fingerprint density at radius 1 is 1.10 bits per heavy atom. The average molecular weight is 416 g/mol. The molecule has 3 fully saturated rings. The van der Waals surface area contributed by atoms with Crippen LogP contribution in [0.2, 0.25) is 0 Å². The number of aromatic nitrogens is 1. The Labute approximate surface area is 181 Å². The van der Waals surface area contributed by atoms with Gasteiger partial charge in [0, 0.05) is 82.3 Å². The third-order valence-corrected chi connectivity index (χ3v) is 7.00. The van der Waals surface area contributed by atoms with Crippen molar-refractivity contribution in [2.24, 2.45) is 0 Å². The van der Waals surface area contributed by atoms with Crippen LogP contribution in [0.5, 0.6) is 0 Å². The van der Waals surface area contributed by atoms with Crippen LogP contribution in [-0.4, -0.2) is 96.3 Å². The molecule has 0 radical (unpaired) electrons. The van der Waals surface area contributed by atoms with Crippen LogP contribution in [0.15, 0.2) is 18.3 Å². The Bertz CT molecular complexity index is 724. The third-order valence-electron chi connectivity index (χ3n) is 7.00. The maximum absolute atomic E-state index is 12.5. The van der Waals surface area contributed by atoms with E-state index in [1.807, 2.05) is 18.0 Å². The van der Waals surface area contributed by atoms with Crippen molar-refractivity contribution in [2.45, 2.75) is 51.7 Å². The summed E-state index contributed by atoms with van der Waals surface area (Å²) in [6.07, 6.45) is 4.57. The molecule has 30 heavy (non-hydrogen) atoms. The molecule has 3 aliphatic heterocycles. The SMILES string of the molecule is Cc1cc(N2CCC3(CC2)CN(CCCN2CCN(C(C)C)CC2)C(=O)O3)ccn1. The van der Waals surface area contributed by atoms with Crippen molar-refractivity contribution < 1.29 is 9.53 Å². The molecule has 0 bridgehead atoms. The quantitative estimate of drug-likeness (QED) is 0.712. The van der Waals surface area contributed by atoms with Gasteiger partial charge in [-0.15, -0.1) is 0 Å². The van der Waals surface area contributed by atoms with Crippen LogP contribution in [-0.2, 0) is 4.74 Å². The fourth-order valence-corrected chi connectivity index (χ4v) is 5.01. The zero-order chi connectivity index (χ0) is 21.1. The summed E-state index contributed by atoms with van der Waals surface area (Å²) in [5.41, 5.74) is 1.96. The first-order valence-corrected chi connectivity index (χ1v) is 11.6. The first kappa shape index (κ1) is 21.4. The lowest BCUT2D eigenvalue weighted by Crippen LogP contribution is -2.49. The van der Waals surface area contributed by atoms with Gasteiger partial charge < -0.3 is 19.4 Å². The number of nitrogens with zero attached hydrogens (tertiary/aromatic N) is 5. The number of hydrogen-bond donors (Lipinski definition) is 0. The number of piperidine rings is 1. The number of aryl methyl sites for hydroxylation is 1. The van der Waals surface area contributed by atoms with Gasteiger partial charge in [-0.1, -0.05) is 0 Å². The highest BCUT2D eigenvalue weighted by molar-refractivity contribution is 5.70. The summed E-state index contributed by atoms with van der Waals surface area (Å²) in [5.74, 6) is 0. The zero-order valence-electron chi connectivity index (χ0n) is 18.8. The molecule has 1 aromatic heterocycles. The van der Waals surface area contributed by atoms with E-state index in [1.54, 1.807) is 0 Å². The van der Waals surface area contributed by atoms with Crippen LogP contribution >= 0.6 is 0 Å². The number of anilines is 1. The molecule has 7 nitrogen and oxygen atoms in total. The molecule has 0 unspecified atom stereocenters. The summed E-state index contributed by atoms with van der Waals surface area (Å²) >= 11 is 0. The third kappa shape index (κ3) is 4.89. The lowest BCUT2D eigenvalue weighted by molar-refractivity contribution is 0.0367. The van der Waals surface area contributed by atoms with Gasteiger partial charge in [0.1, 0.15) is 5.60 Å². The Morgan fingerprint density at radius 3 is 2.50 bits per heavy atom. The van der Waals surface area contributed by atoms with Crippen LogP contribution in [0, 0.1) is 6.92 Å². The molecule has 4 rings (SSSR count). The molecule has 1 spiro atoms. The van der Waals surface area contributed by atoms with Gasteiger partial charge in [0.25, 0.3) is 0 Å². The van der Waals surface area contributed by atoms with E-state index in [0.717, 1.165) is 83.9 Å². The molecular weight excluding hydrogens is 378 g/mol. The molecule has 3 saturated heterocycles. The molecule has 4 heterocycles. The van der Waals surface area contributed by atoms with Gasteiger partial charge in [-0.05, 0) is 45.9 Å². The van der Waals surface area contributed by atoms with Crippen molar-refractivity contribution >= 4 is 11.8 Å². The van der Waals surface area contributed by atoms with Gasteiger partial charge in [0.15, 0.2) is 0 Å². The first-order valence-electron chi connectivity index (χ1n) is 11.6. The molecule has 0 N–H and O–H groups in total. The fraction of sp³-hybridized carbons (Fsp3) is 0.739. The van der Waals surface area contributed by atoms with E-state index in [0.29, 0.717) is 6.04 Å². The molecule has 166 valence electrons. The second-order valence-corrected chi connectivity index (χ2v) is 9.44. The number of carbonyl (C=O) groups is 1. The molecule has 1 amide bonds. The molecule has 0 saturated carbocycles. The first-order chi connectivity index (χ1) is 14.4. The molecule has 0 aliphatic carbocycles. The molecule has 1 aromatic rings. The van der Waals surface area contributed by atoms with E-state index in [9.17, 15) is 4.79 Å². The number of carbonyl (C=O) groups excluding carboxylic acids is 1. The monoisotopic (exact) mass is 415 g/mol. The second kappa shape index (κ2) is 9.10. The molecule has 0 aromatic carbocycles. The minimum atomic E-state index is -0.293. The summed E-state index contributed by atoms with van der Waals surface area (Å²) in [6, 6.07) is 4.84. The molecule has 7 heteroatoms. The van der Waals surface area contributed by atoms with Crippen molar-refractivity contribution in [3.63, 3.8) is 0 Å². The Kier molecular flexibility index (Phi) is 6.48. The van der Waals surface area contributed by atoms with E-state index in [-0.39, 0.29) is 11.7 Å².